The first-order valence-electron chi connectivity index (χ1n) is 7.61. The molecule has 4 nitrogen and oxygen atoms in total. The highest BCUT2D eigenvalue weighted by Crippen LogP contribution is 2.25. The fraction of sp³-hybridized carbons (Fsp3) is 0.222. The summed E-state index contributed by atoms with van der Waals surface area (Å²) < 4.78 is 13.0. The van der Waals surface area contributed by atoms with Gasteiger partial charge in [-0.1, -0.05) is 29.8 Å². The lowest BCUT2D eigenvalue weighted by Gasteiger charge is -2.16. The minimum atomic E-state index is -0.426. The van der Waals surface area contributed by atoms with Crippen LogP contribution in [0.2, 0.25) is 5.02 Å². The maximum Gasteiger partial charge on any atom is 0.227 e. The molecular formula is C18H16ClFN2O2. The number of rotatable bonds is 4. The van der Waals surface area contributed by atoms with Crippen LogP contribution in [0.1, 0.15) is 12.0 Å². The lowest BCUT2D eigenvalue weighted by Crippen LogP contribution is -2.32. The summed E-state index contributed by atoms with van der Waals surface area (Å²) in [6, 6.07) is 13.0. The van der Waals surface area contributed by atoms with Crippen molar-refractivity contribution in [3.63, 3.8) is 0 Å². The Morgan fingerprint density at radius 3 is 2.62 bits per heavy atom. The van der Waals surface area contributed by atoms with E-state index in [0.29, 0.717) is 23.8 Å². The lowest BCUT2D eigenvalue weighted by molar-refractivity contribution is -0.126. The van der Waals surface area contributed by atoms with Crippen LogP contribution in [0.5, 0.6) is 0 Å². The van der Waals surface area contributed by atoms with Gasteiger partial charge in [-0.2, -0.15) is 0 Å². The third kappa shape index (κ3) is 3.57. The number of hydrogen-bond acceptors (Lipinski definition) is 2. The van der Waals surface area contributed by atoms with E-state index in [4.69, 9.17) is 11.6 Å². The van der Waals surface area contributed by atoms with E-state index >= 15 is 0 Å². The van der Waals surface area contributed by atoms with Crippen LogP contribution in [-0.4, -0.2) is 18.4 Å². The molecule has 0 aliphatic carbocycles. The van der Waals surface area contributed by atoms with E-state index in [9.17, 15) is 14.0 Å². The molecule has 2 amide bonds. The molecule has 0 spiro atoms. The van der Waals surface area contributed by atoms with Gasteiger partial charge in [0.2, 0.25) is 11.8 Å². The molecule has 0 bridgehead atoms. The number of halogens is 2. The number of hydrogen-bond donors (Lipinski definition) is 1. The van der Waals surface area contributed by atoms with E-state index < -0.39 is 5.92 Å². The monoisotopic (exact) mass is 346 g/mol. The molecular weight excluding hydrogens is 331 g/mol. The van der Waals surface area contributed by atoms with Crippen molar-refractivity contribution in [2.45, 2.75) is 13.0 Å². The van der Waals surface area contributed by atoms with Crippen molar-refractivity contribution in [1.29, 1.82) is 0 Å². The van der Waals surface area contributed by atoms with Crippen molar-refractivity contribution >= 4 is 29.1 Å². The predicted octanol–water partition coefficient (Wildman–Crippen LogP) is 3.15. The van der Waals surface area contributed by atoms with Gasteiger partial charge in [0.1, 0.15) is 5.82 Å². The van der Waals surface area contributed by atoms with Gasteiger partial charge in [-0.3, -0.25) is 9.59 Å². The molecule has 2 aromatic rings. The van der Waals surface area contributed by atoms with E-state index in [0.717, 1.165) is 5.56 Å². The van der Waals surface area contributed by atoms with Crippen LogP contribution < -0.4 is 10.2 Å². The van der Waals surface area contributed by atoms with E-state index in [2.05, 4.69) is 5.32 Å². The first-order chi connectivity index (χ1) is 11.5. The molecule has 0 radical (unpaired) electrons. The van der Waals surface area contributed by atoms with Gasteiger partial charge in [0.25, 0.3) is 0 Å². The smallest absolute Gasteiger partial charge is 0.227 e. The Kier molecular flexibility index (Phi) is 4.81. The van der Waals surface area contributed by atoms with Gasteiger partial charge >= 0.3 is 0 Å². The van der Waals surface area contributed by atoms with Crippen LogP contribution in [0.25, 0.3) is 0 Å². The van der Waals surface area contributed by atoms with Crippen LogP contribution >= 0.6 is 11.6 Å². The molecule has 3 rings (SSSR count). The second-order valence-electron chi connectivity index (χ2n) is 5.69. The fourth-order valence-corrected chi connectivity index (χ4v) is 2.92. The summed E-state index contributed by atoms with van der Waals surface area (Å²) >= 11 is 6.06. The summed E-state index contributed by atoms with van der Waals surface area (Å²) in [7, 11) is 0. The Balaban J connectivity index is 1.62. The predicted molar refractivity (Wildman–Crippen MR) is 90.2 cm³/mol. The minimum absolute atomic E-state index is 0.139. The summed E-state index contributed by atoms with van der Waals surface area (Å²) in [5.41, 5.74) is 1.43. The highest BCUT2D eigenvalue weighted by Gasteiger charge is 2.35. The third-order valence-corrected chi connectivity index (χ3v) is 4.41. The van der Waals surface area contributed by atoms with Crippen LogP contribution in [0.4, 0.5) is 10.1 Å². The Labute approximate surface area is 144 Å². The molecule has 1 aliphatic rings. The molecule has 24 heavy (non-hydrogen) atoms. The molecule has 1 N–H and O–H groups in total. The molecule has 0 aromatic heterocycles. The molecule has 124 valence electrons. The second kappa shape index (κ2) is 7.01. The van der Waals surface area contributed by atoms with Crippen LogP contribution in [0.3, 0.4) is 0 Å². The number of anilines is 1. The summed E-state index contributed by atoms with van der Waals surface area (Å²) in [5.74, 6) is -1.11. The average Bonchev–Trinajstić information content (AvgIpc) is 2.96. The molecule has 1 unspecified atom stereocenters. The van der Waals surface area contributed by atoms with Crippen LogP contribution in [0, 0.1) is 11.7 Å². The fourth-order valence-electron chi connectivity index (χ4n) is 2.72. The quantitative estimate of drug-likeness (QED) is 0.924. The van der Waals surface area contributed by atoms with Gasteiger partial charge in [-0.05, 0) is 35.9 Å². The van der Waals surface area contributed by atoms with Gasteiger partial charge < -0.3 is 10.2 Å². The van der Waals surface area contributed by atoms with Gasteiger partial charge in [-0.25, -0.2) is 4.39 Å². The van der Waals surface area contributed by atoms with Crippen LogP contribution in [0.15, 0.2) is 48.5 Å². The molecule has 1 fully saturated rings. The molecule has 1 aliphatic heterocycles. The summed E-state index contributed by atoms with van der Waals surface area (Å²) in [4.78, 5) is 26.0. The first-order valence-corrected chi connectivity index (χ1v) is 7.99. The summed E-state index contributed by atoms with van der Waals surface area (Å²) in [6.45, 7) is 0.610. The number of carbonyl (C=O) groups is 2. The van der Waals surface area contributed by atoms with Crippen molar-refractivity contribution < 1.29 is 14.0 Å². The van der Waals surface area contributed by atoms with E-state index in [1.54, 1.807) is 6.07 Å². The van der Waals surface area contributed by atoms with Gasteiger partial charge in [0, 0.05) is 30.2 Å². The summed E-state index contributed by atoms with van der Waals surface area (Å²) in [6.07, 6.45) is 0.145. The van der Waals surface area contributed by atoms with E-state index in [1.807, 2.05) is 18.2 Å². The zero-order valence-corrected chi connectivity index (χ0v) is 13.6. The number of nitrogens with zero attached hydrogens (tertiary/aromatic N) is 1. The van der Waals surface area contributed by atoms with Gasteiger partial charge in [0.05, 0.1) is 5.92 Å². The van der Waals surface area contributed by atoms with Crippen LogP contribution in [-0.2, 0) is 16.1 Å². The minimum Gasteiger partial charge on any atom is -0.352 e. The van der Waals surface area contributed by atoms with Crippen molar-refractivity contribution in [2.75, 3.05) is 11.4 Å². The average molecular weight is 347 g/mol. The topological polar surface area (TPSA) is 49.4 Å². The largest absolute Gasteiger partial charge is 0.352 e. The van der Waals surface area contributed by atoms with E-state index in [1.165, 1.54) is 29.2 Å². The van der Waals surface area contributed by atoms with Crippen molar-refractivity contribution in [1.82, 2.24) is 5.32 Å². The Bertz CT molecular complexity index is 764. The zero-order chi connectivity index (χ0) is 17.1. The van der Waals surface area contributed by atoms with Crippen molar-refractivity contribution in [3.8, 4) is 0 Å². The zero-order valence-electron chi connectivity index (χ0n) is 12.8. The summed E-state index contributed by atoms with van der Waals surface area (Å²) in [5, 5.41) is 3.41. The number of carbonyl (C=O) groups excluding carboxylic acids is 2. The normalized spacial score (nSPS) is 17.2. The lowest BCUT2D eigenvalue weighted by atomic mass is 10.1. The number of nitrogens with one attached hydrogen (secondary N) is 1. The standard InChI is InChI=1S/C18H16ClFN2O2/c19-16-4-2-1-3-12(16)10-21-18(24)13-9-17(23)22(11-13)15-7-5-14(20)6-8-15/h1-8,13H,9-11H2,(H,21,24). The van der Waals surface area contributed by atoms with Crippen molar-refractivity contribution in [3.05, 3.63) is 64.9 Å². The van der Waals surface area contributed by atoms with Gasteiger partial charge in [-0.15, -0.1) is 0 Å². The second-order valence-corrected chi connectivity index (χ2v) is 6.10. The Morgan fingerprint density at radius 2 is 1.92 bits per heavy atom. The van der Waals surface area contributed by atoms with E-state index in [-0.39, 0.29) is 24.1 Å². The molecule has 0 saturated carbocycles. The van der Waals surface area contributed by atoms with Gasteiger partial charge in [0.15, 0.2) is 0 Å². The highest BCUT2D eigenvalue weighted by molar-refractivity contribution is 6.31. The Morgan fingerprint density at radius 1 is 1.21 bits per heavy atom. The molecule has 1 saturated heterocycles. The SMILES string of the molecule is O=C(NCc1ccccc1Cl)C1CC(=O)N(c2ccc(F)cc2)C1. The highest BCUT2D eigenvalue weighted by atomic mass is 35.5. The van der Waals surface area contributed by atoms with Crippen molar-refractivity contribution in [2.24, 2.45) is 5.92 Å². The maximum absolute atomic E-state index is 13.0. The maximum atomic E-state index is 13.0. The molecule has 1 heterocycles. The number of amides is 2. The molecule has 1 atom stereocenters. The molecule has 2 aromatic carbocycles. The third-order valence-electron chi connectivity index (χ3n) is 4.05. The Hall–Kier alpha value is -2.40. The molecule has 6 heteroatoms. The first kappa shape index (κ1) is 16.5. The number of benzene rings is 2.